The number of hydrogen-bond acceptors (Lipinski definition) is 2. The molecule has 1 heterocycles. The third-order valence-electron chi connectivity index (χ3n) is 3.05. The fourth-order valence-corrected chi connectivity index (χ4v) is 2.05. The highest BCUT2D eigenvalue weighted by molar-refractivity contribution is 5.76. The third-order valence-corrected chi connectivity index (χ3v) is 3.05. The van der Waals surface area contributed by atoms with Gasteiger partial charge in [0, 0.05) is 32.6 Å². The molecule has 0 bridgehead atoms. The molecule has 0 aromatic heterocycles. The molecular formula is C13H15F3N2O. The van der Waals surface area contributed by atoms with E-state index in [1.807, 2.05) is 0 Å². The highest BCUT2D eigenvalue weighted by atomic mass is 19.4. The second-order valence-corrected chi connectivity index (χ2v) is 4.51. The number of halogens is 3. The fourth-order valence-electron chi connectivity index (χ4n) is 2.05. The predicted octanol–water partition coefficient (Wildman–Crippen LogP) is 2.03. The third kappa shape index (κ3) is 3.70. The van der Waals surface area contributed by atoms with E-state index in [-0.39, 0.29) is 12.5 Å². The van der Waals surface area contributed by atoms with E-state index in [0.717, 1.165) is 12.1 Å². The predicted molar refractivity (Wildman–Crippen MR) is 64.3 cm³/mol. The Morgan fingerprint density at radius 2 is 2.05 bits per heavy atom. The summed E-state index contributed by atoms with van der Waals surface area (Å²) in [7, 11) is 0. The standard InChI is InChI=1S/C13H15F3N2O/c14-13(15,16)11-3-1-2-10(8-11)9-18-7-6-17-5-4-12(18)19/h1-3,8,17H,4-7,9H2. The quantitative estimate of drug-likeness (QED) is 0.893. The molecule has 1 aromatic rings. The van der Waals surface area contributed by atoms with Crippen molar-refractivity contribution < 1.29 is 18.0 Å². The lowest BCUT2D eigenvalue weighted by Crippen LogP contribution is -2.31. The summed E-state index contributed by atoms with van der Waals surface area (Å²) < 4.78 is 37.8. The van der Waals surface area contributed by atoms with Crippen LogP contribution >= 0.6 is 0 Å². The Bertz CT molecular complexity index is 459. The van der Waals surface area contributed by atoms with E-state index in [1.54, 1.807) is 11.0 Å². The minimum Gasteiger partial charge on any atom is -0.337 e. The van der Waals surface area contributed by atoms with E-state index in [9.17, 15) is 18.0 Å². The van der Waals surface area contributed by atoms with E-state index < -0.39 is 11.7 Å². The van der Waals surface area contributed by atoms with Crippen LogP contribution in [0.2, 0.25) is 0 Å². The Balaban J connectivity index is 2.12. The van der Waals surface area contributed by atoms with E-state index in [0.29, 0.717) is 31.6 Å². The Kier molecular flexibility index (Phi) is 4.09. The first-order valence-electron chi connectivity index (χ1n) is 6.11. The van der Waals surface area contributed by atoms with E-state index in [4.69, 9.17) is 0 Å². The lowest BCUT2D eigenvalue weighted by molar-refractivity contribution is -0.137. The number of carbonyl (C=O) groups is 1. The molecule has 0 atom stereocenters. The Labute approximate surface area is 109 Å². The number of nitrogens with zero attached hydrogens (tertiary/aromatic N) is 1. The molecule has 1 saturated heterocycles. The molecule has 19 heavy (non-hydrogen) atoms. The molecule has 0 radical (unpaired) electrons. The first-order chi connectivity index (χ1) is 8.97. The highest BCUT2D eigenvalue weighted by Crippen LogP contribution is 2.29. The van der Waals surface area contributed by atoms with Gasteiger partial charge in [0.05, 0.1) is 5.56 Å². The number of benzene rings is 1. The van der Waals surface area contributed by atoms with Crippen molar-refractivity contribution in [2.75, 3.05) is 19.6 Å². The van der Waals surface area contributed by atoms with Crippen molar-refractivity contribution >= 4 is 5.91 Å². The van der Waals surface area contributed by atoms with Gasteiger partial charge in [0.15, 0.2) is 0 Å². The van der Waals surface area contributed by atoms with Crippen molar-refractivity contribution in [2.45, 2.75) is 19.1 Å². The van der Waals surface area contributed by atoms with Crippen LogP contribution in [0.1, 0.15) is 17.5 Å². The normalized spacial score (nSPS) is 17.4. The maximum Gasteiger partial charge on any atom is 0.416 e. The SMILES string of the molecule is O=C1CCNCCN1Cc1cccc(C(F)(F)F)c1. The number of amides is 1. The summed E-state index contributed by atoms with van der Waals surface area (Å²) >= 11 is 0. The molecule has 104 valence electrons. The second-order valence-electron chi connectivity index (χ2n) is 4.51. The lowest BCUT2D eigenvalue weighted by Gasteiger charge is -2.20. The minimum atomic E-state index is -4.35. The van der Waals surface area contributed by atoms with Gasteiger partial charge < -0.3 is 10.2 Å². The van der Waals surface area contributed by atoms with E-state index in [1.165, 1.54) is 6.07 Å². The molecule has 1 aromatic carbocycles. The van der Waals surface area contributed by atoms with Crippen molar-refractivity contribution in [1.29, 1.82) is 0 Å². The first kappa shape index (κ1) is 13.9. The van der Waals surface area contributed by atoms with Gasteiger partial charge in [0.25, 0.3) is 0 Å². The summed E-state index contributed by atoms with van der Waals surface area (Å²) in [5.74, 6) is -0.0255. The van der Waals surface area contributed by atoms with Crippen molar-refractivity contribution in [3.63, 3.8) is 0 Å². The summed E-state index contributed by atoms with van der Waals surface area (Å²) in [6, 6.07) is 5.13. The Morgan fingerprint density at radius 3 is 2.79 bits per heavy atom. The average molecular weight is 272 g/mol. The van der Waals surface area contributed by atoms with Crippen LogP contribution in [-0.2, 0) is 17.5 Å². The number of rotatable bonds is 2. The van der Waals surface area contributed by atoms with Gasteiger partial charge in [-0.3, -0.25) is 4.79 Å². The lowest BCUT2D eigenvalue weighted by atomic mass is 10.1. The molecule has 2 rings (SSSR count). The van der Waals surface area contributed by atoms with Gasteiger partial charge in [0.1, 0.15) is 0 Å². The number of alkyl halides is 3. The van der Waals surface area contributed by atoms with Gasteiger partial charge in [-0.2, -0.15) is 13.2 Å². The molecule has 0 aliphatic carbocycles. The maximum atomic E-state index is 12.6. The molecule has 1 N–H and O–H groups in total. The van der Waals surface area contributed by atoms with Crippen molar-refractivity contribution in [2.24, 2.45) is 0 Å². The topological polar surface area (TPSA) is 32.3 Å². The van der Waals surface area contributed by atoms with Crippen LogP contribution in [0.5, 0.6) is 0 Å². The molecule has 3 nitrogen and oxygen atoms in total. The number of carbonyl (C=O) groups excluding carboxylic acids is 1. The van der Waals surface area contributed by atoms with Crippen LogP contribution < -0.4 is 5.32 Å². The molecule has 1 aliphatic heterocycles. The molecule has 1 aliphatic rings. The van der Waals surface area contributed by atoms with Gasteiger partial charge >= 0.3 is 6.18 Å². The van der Waals surface area contributed by atoms with Crippen LogP contribution in [0.15, 0.2) is 24.3 Å². The molecule has 1 fully saturated rings. The summed E-state index contributed by atoms with van der Waals surface area (Å²) in [6.07, 6.45) is -3.96. The van der Waals surface area contributed by atoms with Crippen molar-refractivity contribution in [3.05, 3.63) is 35.4 Å². The minimum absolute atomic E-state index is 0.0255. The van der Waals surface area contributed by atoms with Gasteiger partial charge in [-0.25, -0.2) is 0 Å². The van der Waals surface area contributed by atoms with Crippen LogP contribution in [0.3, 0.4) is 0 Å². The summed E-state index contributed by atoms with van der Waals surface area (Å²) in [6.45, 7) is 2.04. The number of nitrogens with one attached hydrogen (secondary N) is 1. The smallest absolute Gasteiger partial charge is 0.337 e. The average Bonchev–Trinajstić information content (AvgIpc) is 2.54. The van der Waals surface area contributed by atoms with E-state index in [2.05, 4.69) is 5.32 Å². The monoisotopic (exact) mass is 272 g/mol. The fraction of sp³-hybridized carbons (Fsp3) is 0.462. The molecule has 6 heteroatoms. The van der Waals surface area contributed by atoms with Gasteiger partial charge in [-0.1, -0.05) is 12.1 Å². The van der Waals surface area contributed by atoms with Gasteiger partial charge in [-0.05, 0) is 17.7 Å². The summed E-state index contributed by atoms with van der Waals surface area (Å²) in [5.41, 5.74) is -0.171. The first-order valence-corrected chi connectivity index (χ1v) is 6.11. The molecule has 0 saturated carbocycles. The highest BCUT2D eigenvalue weighted by Gasteiger charge is 2.30. The van der Waals surface area contributed by atoms with Gasteiger partial charge in [-0.15, -0.1) is 0 Å². The van der Waals surface area contributed by atoms with Crippen LogP contribution in [-0.4, -0.2) is 30.4 Å². The largest absolute Gasteiger partial charge is 0.416 e. The Morgan fingerprint density at radius 1 is 1.26 bits per heavy atom. The zero-order chi connectivity index (χ0) is 13.9. The Hall–Kier alpha value is -1.56. The van der Waals surface area contributed by atoms with Crippen LogP contribution in [0, 0.1) is 0 Å². The van der Waals surface area contributed by atoms with Crippen molar-refractivity contribution in [3.8, 4) is 0 Å². The van der Waals surface area contributed by atoms with Crippen molar-refractivity contribution in [1.82, 2.24) is 10.2 Å². The summed E-state index contributed by atoms with van der Waals surface area (Å²) in [4.78, 5) is 13.4. The summed E-state index contributed by atoms with van der Waals surface area (Å²) in [5, 5.41) is 3.09. The molecular weight excluding hydrogens is 257 g/mol. The molecule has 0 spiro atoms. The van der Waals surface area contributed by atoms with Gasteiger partial charge in [0.2, 0.25) is 5.91 Å². The molecule has 0 unspecified atom stereocenters. The maximum absolute atomic E-state index is 12.6. The van der Waals surface area contributed by atoms with Crippen LogP contribution in [0.4, 0.5) is 13.2 Å². The zero-order valence-corrected chi connectivity index (χ0v) is 10.3. The van der Waals surface area contributed by atoms with E-state index >= 15 is 0 Å². The van der Waals surface area contributed by atoms with Crippen LogP contribution in [0.25, 0.3) is 0 Å². The molecule has 1 amide bonds. The zero-order valence-electron chi connectivity index (χ0n) is 10.3. The number of hydrogen-bond donors (Lipinski definition) is 1. The second kappa shape index (κ2) is 5.61.